The minimum absolute atomic E-state index is 0.0594. The number of aromatic amines is 1. The van der Waals surface area contributed by atoms with E-state index in [1.54, 1.807) is 12.3 Å². The molecule has 0 bridgehead atoms. The zero-order chi connectivity index (χ0) is 20.9. The van der Waals surface area contributed by atoms with Crippen molar-refractivity contribution < 1.29 is 14.5 Å². The summed E-state index contributed by atoms with van der Waals surface area (Å²) in [6, 6.07) is 21.7. The van der Waals surface area contributed by atoms with E-state index in [1.165, 1.54) is 12.1 Å². The van der Waals surface area contributed by atoms with E-state index < -0.39 is 4.92 Å². The Hall–Kier alpha value is -4.13. The number of hydrogen-bond donors (Lipinski definition) is 2. The second-order valence-electron chi connectivity index (χ2n) is 6.75. The normalized spacial score (nSPS) is 10.7. The highest BCUT2D eigenvalue weighted by molar-refractivity contribution is 6.07. The number of benzene rings is 3. The van der Waals surface area contributed by atoms with Gasteiger partial charge in [0.05, 0.1) is 10.5 Å². The van der Waals surface area contributed by atoms with Gasteiger partial charge in [0.25, 0.3) is 11.6 Å². The Kier molecular flexibility index (Phi) is 5.43. The molecule has 1 amide bonds. The maximum atomic E-state index is 12.7. The van der Waals surface area contributed by atoms with Gasteiger partial charge in [-0.2, -0.15) is 0 Å². The maximum absolute atomic E-state index is 12.7. The molecule has 150 valence electrons. The zero-order valence-electron chi connectivity index (χ0n) is 16.0. The van der Waals surface area contributed by atoms with Crippen LogP contribution in [0.2, 0.25) is 0 Å². The SMILES string of the molecule is O=C(NCc1ccccc1OCc1ccccc1)c1c[nH]c2ccc([N+](=O)[O-])cc12. The largest absolute Gasteiger partial charge is 0.489 e. The lowest BCUT2D eigenvalue weighted by Crippen LogP contribution is -2.22. The van der Waals surface area contributed by atoms with Crippen LogP contribution in [0, 0.1) is 10.1 Å². The number of para-hydroxylation sites is 1. The predicted octanol–water partition coefficient (Wildman–Crippen LogP) is 4.59. The smallest absolute Gasteiger partial charge is 0.270 e. The summed E-state index contributed by atoms with van der Waals surface area (Å²) in [5.74, 6) is 0.371. The summed E-state index contributed by atoms with van der Waals surface area (Å²) in [6.45, 7) is 0.698. The topological polar surface area (TPSA) is 97.3 Å². The van der Waals surface area contributed by atoms with E-state index in [2.05, 4.69) is 10.3 Å². The van der Waals surface area contributed by atoms with Crippen LogP contribution in [0.4, 0.5) is 5.69 Å². The molecule has 30 heavy (non-hydrogen) atoms. The molecule has 0 unspecified atom stereocenters. The summed E-state index contributed by atoms with van der Waals surface area (Å²) >= 11 is 0. The first-order valence-electron chi connectivity index (χ1n) is 9.40. The van der Waals surface area contributed by atoms with Gasteiger partial charge in [0.15, 0.2) is 0 Å². The van der Waals surface area contributed by atoms with Gasteiger partial charge in [-0.3, -0.25) is 14.9 Å². The fraction of sp³-hybridized carbons (Fsp3) is 0.0870. The van der Waals surface area contributed by atoms with E-state index in [4.69, 9.17) is 4.74 Å². The van der Waals surface area contributed by atoms with E-state index in [0.717, 1.165) is 11.1 Å². The van der Waals surface area contributed by atoms with Crippen LogP contribution >= 0.6 is 0 Å². The Morgan fingerprint density at radius 3 is 2.60 bits per heavy atom. The van der Waals surface area contributed by atoms with Crippen LogP contribution < -0.4 is 10.1 Å². The fourth-order valence-corrected chi connectivity index (χ4v) is 3.21. The van der Waals surface area contributed by atoms with Gasteiger partial charge in [-0.25, -0.2) is 0 Å². The van der Waals surface area contributed by atoms with Gasteiger partial charge in [0, 0.05) is 41.3 Å². The monoisotopic (exact) mass is 401 g/mol. The van der Waals surface area contributed by atoms with Crippen molar-refractivity contribution in [2.24, 2.45) is 0 Å². The number of amides is 1. The first-order valence-corrected chi connectivity index (χ1v) is 9.40. The molecule has 0 atom stereocenters. The van der Waals surface area contributed by atoms with Gasteiger partial charge in [0.2, 0.25) is 0 Å². The number of H-pyrrole nitrogens is 1. The molecule has 0 aliphatic carbocycles. The molecule has 0 spiro atoms. The standard InChI is InChI=1S/C23H19N3O4/c27-23(20-14-24-21-11-10-18(26(28)29)12-19(20)21)25-13-17-8-4-5-9-22(17)30-15-16-6-2-1-3-7-16/h1-12,14,24H,13,15H2,(H,25,27). The molecular formula is C23H19N3O4. The summed E-state index contributed by atoms with van der Waals surface area (Å²) in [7, 11) is 0. The van der Waals surface area contributed by atoms with Gasteiger partial charge in [-0.15, -0.1) is 0 Å². The molecule has 0 radical (unpaired) electrons. The van der Waals surface area contributed by atoms with E-state index >= 15 is 0 Å². The number of nitro benzene ring substituents is 1. The lowest BCUT2D eigenvalue weighted by Gasteiger charge is -2.12. The first kappa shape index (κ1) is 19.2. The molecule has 2 N–H and O–H groups in total. The first-order chi connectivity index (χ1) is 14.6. The van der Waals surface area contributed by atoms with Gasteiger partial charge >= 0.3 is 0 Å². The summed E-state index contributed by atoms with van der Waals surface area (Å²) in [6.07, 6.45) is 1.56. The number of nitro groups is 1. The highest BCUT2D eigenvalue weighted by Gasteiger charge is 2.16. The van der Waals surface area contributed by atoms with Gasteiger partial charge in [0.1, 0.15) is 12.4 Å². The number of fused-ring (bicyclic) bond motifs is 1. The Bertz CT molecular complexity index is 1200. The van der Waals surface area contributed by atoms with Crippen LogP contribution in [0.5, 0.6) is 5.75 Å². The molecule has 4 rings (SSSR count). The van der Waals surface area contributed by atoms with Crippen molar-refractivity contribution in [2.45, 2.75) is 13.2 Å². The van der Waals surface area contributed by atoms with E-state index in [0.29, 0.717) is 28.8 Å². The lowest BCUT2D eigenvalue weighted by molar-refractivity contribution is -0.384. The number of hydrogen-bond acceptors (Lipinski definition) is 4. The van der Waals surface area contributed by atoms with Crippen LogP contribution in [0.3, 0.4) is 0 Å². The maximum Gasteiger partial charge on any atom is 0.270 e. The minimum Gasteiger partial charge on any atom is -0.489 e. The molecule has 3 aromatic carbocycles. The number of carbonyl (C=O) groups excluding carboxylic acids is 1. The van der Waals surface area contributed by atoms with Crippen molar-refractivity contribution >= 4 is 22.5 Å². The Labute approximate surface area is 172 Å². The van der Waals surface area contributed by atoms with E-state index in [1.807, 2.05) is 54.6 Å². The van der Waals surface area contributed by atoms with Crippen LogP contribution in [-0.4, -0.2) is 15.8 Å². The Morgan fingerprint density at radius 2 is 1.80 bits per heavy atom. The van der Waals surface area contributed by atoms with Crippen LogP contribution in [0.25, 0.3) is 10.9 Å². The van der Waals surface area contributed by atoms with Crippen molar-refractivity contribution in [2.75, 3.05) is 0 Å². The summed E-state index contributed by atoms with van der Waals surface area (Å²) in [4.78, 5) is 26.3. The molecule has 0 aliphatic heterocycles. The third-order valence-corrected chi connectivity index (χ3v) is 4.77. The summed E-state index contributed by atoms with van der Waals surface area (Å²) in [5, 5.41) is 14.4. The quantitative estimate of drug-likeness (QED) is 0.350. The van der Waals surface area contributed by atoms with Gasteiger partial charge in [-0.05, 0) is 17.7 Å². The van der Waals surface area contributed by atoms with Crippen molar-refractivity contribution in [1.29, 1.82) is 0 Å². The second-order valence-corrected chi connectivity index (χ2v) is 6.75. The highest BCUT2D eigenvalue weighted by Crippen LogP contribution is 2.24. The summed E-state index contributed by atoms with van der Waals surface area (Å²) in [5.41, 5.74) is 2.86. The third kappa shape index (κ3) is 4.15. The Morgan fingerprint density at radius 1 is 1.03 bits per heavy atom. The van der Waals surface area contributed by atoms with Crippen molar-refractivity contribution in [1.82, 2.24) is 10.3 Å². The number of nitrogens with one attached hydrogen (secondary N) is 2. The predicted molar refractivity (Wildman–Crippen MR) is 113 cm³/mol. The van der Waals surface area contributed by atoms with Crippen molar-refractivity contribution in [3.63, 3.8) is 0 Å². The van der Waals surface area contributed by atoms with Gasteiger partial charge in [-0.1, -0.05) is 48.5 Å². The molecule has 1 aromatic heterocycles. The lowest BCUT2D eigenvalue weighted by atomic mass is 10.1. The number of rotatable bonds is 7. The van der Waals surface area contributed by atoms with E-state index in [9.17, 15) is 14.9 Å². The average molecular weight is 401 g/mol. The summed E-state index contributed by atoms with van der Waals surface area (Å²) < 4.78 is 5.93. The average Bonchev–Trinajstić information content (AvgIpc) is 3.20. The number of aromatic nitrogens is 1. The molecule has 7 heteroatoms. The molecule has 7 nitrogen and oxygen atoms in total. The number of ether oxygens (including phenoxy) is 1. The molecule has 0 fully saturated rings. The Balaban J connectivity index is 1.47. The number of nitrogens with zero attached hydrogens (tertiary/aromatic N) is 1. The molecule has 4 aromatic rings. The molecule has 0 saturated carbocycles. The van der Waals surface area contributed by atoms with Crippen molar-refractivity contribution in [3.8, 4) is 5.75 Å². The fourth-order valence-electron chi connectivity index (χ4n) is 3.21. The second kappa shape index (κ2) is 8.48. The van der Waals surface area contributed by atoms with Crippen molar-refractivity contribution in [3.05, 3.63) is 106 Å². The minimum atomic E-state index is -0.478. The molecule has 0 saturated heterocycles. The molecular weight excluding hydrogens is 382 g/mol. The van der Waals surface area contributed by atoms with Gasteiger partial charge < -0.3 is 15.0 Å². The molecule has 0 aliphatic rings. The van der Waals surface area contributed by atoms with Crippen LogP contribution in [0.1, 0.15) is 21.5 Å². The van der Waals surface area contributed by atoms with E-state index in [-0.39, 0.29) is 18.1 Å². The zero-order valence-corrected chi connectivity index (χ0v) is 16.0. The number of carbonyl (C=O) groups is 1. The number of non-ortho nitro benzene ring substituents is 1. The third-order valence-electron chi connectivity index (χ3n) is 4.77. The molecule has 1 heterocycles. The highest BCUT2D eigenvalue weighted by atomic mass is 16.6. The van der Waals surface area contributed by atoms with Crippen LogP contribution in [0.15, 0.2) is 79.0 Å². The van der Waals surface area contributed by atoms with Crippen LogP contribution in [-0.2, 0) is 13.2 Å².